The zero-order valence-electron chi connectivity index (χ0n) is 29.0. The van der Waals surface area contributed by atoms with Crippen molar-refractivity contribution in [1.82, 2.24) is 4.90 Å². The average Bonchev–Trinajstić information content (AvgIpc) is 3.19. The first-order chi connectivity index (χ1) is 25.1. The van der Waals surface area contributed by atoms with Crippen molar-refractivity contribution in [2.24, 2.45) is 0 Å². The van der Waals surface area contributed by atoms with Gasteiger partial charge in [0, 0.05) is 6.54 Å². The third-order valence-electron chi connectivity index (χ3n) is 8.56. The summed E-state index contributed by atoms with van der Waals surface area (Å²) in [7, 11) is 0. The van der Waals surface area contributed by atoms with Gasteiger partial charge < -0.3 is 18.9 Å². The number of rotatable bonds is 20. The Bertz CT molecular complexity index is 1720. The fourth-order valence-corrected chi connectivity index (χ4v) is 5.91. The molecule has 0 spiro atoms. The van der Waals surface area contributed by atoms with Crippen molar-refractivity contribution in [2.75, 3.05) is 0 Å². The van der Waals surface area contributed by atoms with Crippen LogP contribution >= 0.6 is 0 Å². The molecule has 0 aliphatic rings. The summed E-state index contributed by atoms with van der Waals surface area (Å²) in [5.74, 6) is 0. The maximum atomic E-state index is 14.3. The normalized spacial score (nSPS) is 13.3. The summed E-state index contributed by atoms with van der Waals surface area (Å²) in [6.07, 6.45) is 1.54. The number of carbonyl (C=O) groups excluding carboxylic acids is 1. The van der Waals surface area contributed by atoms with Crippen molar-refractivity contribution >= 4 is 6.09 Å². The molecule has 0 aromatic heterocycles. The molecular formula is C45H47NO5. The van der Waals surface area contributed by atoms with Gasteiger partial charge in [-0.05, 0) is 34.2 Å². The molecule has 0 radical (unpaired) electrons. The van der Waals surface area contributed by atoms with E-state index in [0.29, 0.717) is 19.6 Å². The van der Waals surface area contributed by atoms with Crippen molar-refractivity contribution in [3.8, 4) is 0 Å². The largest absolute Gasteiger partial charge is 0.445 e. The predicted molar refractivity (Wildman–Crippen MR) is 202 cm³/mol. The topological polar surface area (TPSA) is 57.2 Å². The van der Waals surface area contributed by atoms with E-state index in [1.54, 1.807) is 11.0 Å². The van der Waals surface area contributed by atoms with Gasteiger partial charge >= 0.3 is 6.09 Å². The fourth-order valence-electron chi connectivity index (χ4n) is 5.91. The molecule has 6 heteroatoms. The van der Waals surface area contributed by atoms with Crippen LogP contribution in [-0.4, -0.2) is 35.3 Å². The smallest absolute Gasteiger partial charge is 0.410 e. The molecule has 6 nitrogen and oxygen atoms in total. The molecule has 0 saturated heterocycles. The Morgan fingerprint density at radius 3 is 1.35 bits per heavy atom. The molecule has 0 heterocycles. The van der Waals surface area contributed by atoms with Gasteiger partial charge in [0.05, 0.1) is 25.9 Å². The number of ether oxygens (including phenoxy) is 4. The van der Waals surface area contributed by atoms with Crippen LogP contribution in [0.3, 0.4) is 0 Å². The Morgan fingerprint density at radius 2 is 0.922 bits per heavy atom. The number of hydrogen-bond acceptors (Lipinski definition) is 5. The van der Waals surface area contributed by atoms with E-state index in [0.717, 1.165) is 27.8 Å². The molecule has 5 rings (SSSR count). The number of carbonyl (C=O) groups is 1. The van der Waals surface area contributed by atoms with Gasteiger partial charge in [-0.25, -0.2) is 4.79 Å². The third-order valence-corrected chi connectivity index (χ3v) is 8.56. The van der Waals surface area contributed by atoms with E-state index in [2.05, 4.69) is 13.2 Å². The summed E-state index contributed by atoms with van der Waals surface area (Å²) in [6, 6.07) is 49.0. The minimum Gasteiger partial charge on any atom is -0.445 e. The van der Waals surface area contributed by atoms with E-state index in [1.165, 1.54) is 0 Å². The monoisotopic (exact) mass is 681 g/mol. The van der Waals surface area contributed by atoms with Gasteiger partial charge in [-0.15, -0.1) is 13.2 Å². The Morgan fingerprint density at radius 1 is 0.529 bits per heavy atom. The Hall–Kier alpha value is -5.27. The summed E-state index contributed by atoms with van der Waals surface area (Å²) < 4.78 is 26.3. The molecule has 5 aromatic carbocycles. The molecule has 262 valence electrons. The first kappa shape index (κ1) is 37.0. The van der Waals surface area contributed by atoms with Crippen molar-refractivity contribution in [1.29, 1.82) is 0 Å². The maximum absolute atomic E-state index is 14.3. The highest BCUT2D eigenvalue weighted by Crippen LogP contribution is 2.28. The Labute approximate surface area is 302 Å². The second kappa shape index (κ2) is 20.4. The lowest BCUT2D eigenvalue weighted by Gasteiger charge is -2.41. The highest BCUT2D eigenvalue weighted by atomic mass is 16.6. The third kappa shape index (κ3) is 11.6. The number of amides is 1. The van der Waals surface area contributed by atoms with Gasteiger partial charge in [0.25, 0.3) is 0 Å². The van der Waals surface area contributed by atoms with Crippen molar-refractivity contribution in [2.45, 2.75) is 63.7 Å². The second-order valence-corrected chi connectivity index (χ2v) is 12.3. The van der Waals surface area contributed by atoms with Crippen molar-refractivity contribution in [3.63, 3.8) is 0 Å². The van der Waals surface area contributed by atoms with E-state index in [4.69, 9.17) is 18.9 Å². The maximum Gasteiger partial charge on any atom is 0.410 e. The molecule has 4 atom stereocenters. The predicted octanol–water partition coefficient (Wildman–Crippen LogP) is 9.71. The van der Waals surface area contributed by atoms with Crippen LogP contribution in [-0.2, 0) is 51.9 Å². The van der Waals surface area contributed by atoms with Gasteiger partial charge in [-0.3, -0.25) is 4.90 Å². The molecule has 0 fully saturated rings. The molecule has 0 bridgehead atoms. The van der Waals surface area contributed by atoms with E-state index in [1.807, 2.05) is 158 Å². The molecule has 0 N–H and O–H groups in total. The van der Waals surface area contributed by atoms with Gasteiger partial charge in [0.15, 0.2) is 0 Å². The second-order valence-electron chi connectivity index (χ2n) is 12.3. The van der Waals surface area contributed by atoms with Crippen LogP contribution in [0.2, 0.25) is 0 Å². The molecular weight excluding hydrogens is 634 g/mol. The van der Waals surface area contributed by atoms with E-state index < -0.39 is 30.4 Å². The molecule has 1 unspecified atom stereocenters. The first-order valence-electron chi connectivity index (χ1n) is 17.4. The van der Waals surface area contributed by atoms with E-state index in [-0.39, 0.29) is 19.8 Å². The molecule has 1 amide bonds. The van der Waals surface area contributed by atoms with Crippen LogP contribution in [0.5, 0.6) is 0 Å². The number of nitrogens with zero attached hydrogens (tertiary/aromatic N) is 1. The van der Waals surface area contributed by atoms with Gasteiger partial charge in [-0.2, -0.15) is 0 Å². The molecule has 51 heavy (non-hydrogen) atoms. The summed E-state index contributed by atoms with van der Waals surface area (Å²) in [5, 5.41) is 0. The number of benzene rings is 5. The summed E-state index contributed by atoms with van der Waals surface area (Å²) >= 11 is 0. The van der Waals surface area contributed by atoms with Gasteiger partial charge in [-0.1, -0.05) is 164 Å². The Kier molecular flexibility index (Phi) is 14.8. The molecule has 0 aliphatic heterocycles. The lowest BCUT2D eigenvalue weighted by atomic mass is 9.95. The van der Waals surface area contributed by atoms with Crippen molar-refractivity contribution < 1.29 is 23.7 Å². The van der Waals surface area contributed by atoms with Gasteiger partial charge in [0.2, 0.25) is 0 Å². The minimum atomic E-state index is -0.696. The first-order valence-corrected chi connectivity index (χ1v) is 17.4. The van der Waals surface area contributed by atoms with Crippen LogP contribution in [0.15, 0.2) is 177 Å². The zero-order valence-corrected chi connectivity index (χ0v) is 29.0. The van der Waals surface area contributed by atoms with Crippen LogP contribution < -0.4 is 0 Å². The highest BCUT2D eigenvalue weighted by Gasteiger charge is 2.41. The average molecular weight is 682 g/mol. The van der Waals surface area contributed by atoms with Crippen LogP contribution in [0.25, 0.3) is 0 Å². The lowest BCUT2D eigenvalue weighted by Crippen LogP contribution is -2.55. The van der Waals surface area contributed by atoms with Crippen LogP contribution in [0.4, 0.5) is 4.79 Å². The van der Waals surface area contributed by atoms with Crippen molar-refractivity contribution in [3.05, 3.63) is 205 Å². The molecule has 0 saturated carbocycles. The quantitative estimate of drug-likeness (QED) is 0.0766. The zero-order chi connectivity index (χ0) is 35.5. The molecule has 0 aliphatic carbocycles. The van der Waals surface area contributed by atoms with E-state index >= 15 is 0 Å². The minimum absolute atomic E-state index is 0.130. The summed E-state index contributed by atoms with van der Waals surface area (Å²) in [5.41, 5.74) is 4.85. The van der Waals surface area contributed by atoms with E-state index in [9.17, 15) is 4.79 Å². The van der Waals surface area contributed by atoms with Gasteiger partial charge in [0.1, 0.15) is 24.9 Å². The lowest BCUT2D eigenvalue weighted by molar-refractivity contribution is -0.158. The number of hydrogen-bond donors (Lipinski definition) is 0. The van der Waals surface area contributed by atoms with Crippen LogP contribution in [0, 0.1) is 0 Å². The van der Waals surface area contributed by atoms with Crippen LogP contribution in [0.1, 0.15) is 34.2 Å². The fraction of sp³-hybridized carbons (Fsp3) is 0.222. The summed E-state index contributed by atoms with van der Waals surface area (Å²) in [4.78, 5) is 16.0. The molecule has 5 aromatic rings. The standard InChI is InChI=1S/C45H47NO5/c1-3-20-41(46(31-36-21-10-5-11-22-36)45(47)51-35-40-29-18-9-19-30-40)43(49-33-38-25-14-7-15-26-38)44(50-34-39-27-16-8-17-28-39)42(4-2)48-32-37-23-12-6-13-24-37/h3-19,21-30,41-44H,1-2,20,31-35H2/t41?,42-,43+,44+/m1/s1. The summed E-state index contributed by atoms with van der Waals surface area (Å²) in [6.45, 7) is 9.63. The Balaban J connectivity index is 1.54. The highest BCUT2D eigenvalue weighted by molar-refractivity contribution is 5.68. The SMILES string of the molecule is C=CCC([C@H](OCc1ccccc1)[C@@H](OCc1ccccc1)[C@@H](C=C)OCc1ccccc1)N(Cc1ccccc1)C(=O)OCc1ccccc1.